The molecule has 0 spiro atoms. The van der Waals surface area contributed by atoms with Crippen LogP contribution in [0.15, 0.2) is 42.5 Å². The molecule has 132 valence electrons. The second-order valence-corrected chi connectivity index (χ2v) is 6.66. The van der Waals surface area contributed by atoms with Gasteiger partial charge in [0.05, 0.1) is 10.5 Å². The molecule has 0 heterocycles. The maximum atomic E-state index is 12.5. The van der Waals surface area contributed by atoms with Gasteiger partial charge in [0.15, 0.2) is 0 Å². The Morgan fingerprint density at radius 2 is 1.80 bits per heavy atom. The van der Waals surface area contributed by atoms with E-state index in [1.807, 2.05) is 19.9 Å². The number of hydrogen-bond donors (Lipinski definition) is 0. The van der Waals surface area contributed by atoms with E-state index in [2.05, 4.69) is 19.9 Å². The summed E-state index contributed by atoms with van der Waals surface area (Å²) in [6.45, 7) is 8.30. The quantitative estimate of drug-likeness (QED) is 0.411. The second kappa shape index (κ2) is 7.92. The van der Waals surface area contributed by atoms with Gasteiger partial charge in [0, 0.05) is 12.1 Å². The highest BCUT2D eigenvalue weighted by molar-refractivity contribution is 5.91. The van der Waals surface area contributed by atoms with Crippen molar-refractivity contribution in [1.29, 1.82) is 0 Å². The van der Waals surface area contributed by atoms with Crippen molar-refractivity contribution in [2.75, 3.05) is 0 Å². The van der Waals surface area contributed by atoms with E-state index in [4.69, 9.17) is 4.74 Å². The molecule has 0 radical (unpaired) electrons. The molecule has 2 aromatic rings. The van der Waals surface area contributed by atoms with Gasteiger partial charge in [0.25, 0.3) is 5.69 Å². The second-order valence-electron chi connectivity index (χ2n) is 6.66. The molecule has 2 rings (SSSR count). The molecule has 2 aromatic carbocycles. The van der Waals surface area contributed by atoms with E-state index in [1.165, 1.54) is 17.7 Å². The summed E-state index contributed by atoms with van der Waals surface area (Å²) < 4.78 is 5.38. The predicted molar refractivity (Wildman–Crippen MR) is 96.8 cm³/mol. The van der Waals surface area contributed by atoms with Crippen LogP contribution in [0.25, 0.3) is 0 Å². The molecule has 0 aliphatic heterocycles. The van der Waals surface area contributed by atoms with E-state index in [0.29, 0.717) is 17.0 Å². The number of benzene rings is 2. The fourth-order valence-corrected chi connectivity index (χ4v) is 2.59. The molecule has 0 N–H and O–H groups in total. The van der Waals surface area contributed by atoms with Crippen LogP contribution in [0.5, 0.6) is 0 Å². The smallest absolute Gasteiger partial charge is 0.338 e. The van der Waals surface area contributed by atoms with Crippen molar-refractivity contribution in [3.05, 3.63) is 74.8 Å². The van der Waals surface area contributed by atoms with Crippen molar-refractivity contribution in [3.8, 4) is 0 Å². The van der Waals surface area contributed by atoms with Crippen LogP contribution in [-0.2, 0) is 11.3 Å². The lowest BCUT2D eigenvalue weighted by atomic mass is 9.91. The number of nitro benzene ring substituents is 1. The summed E-state index contributed by atoms with van der Waals surface area (Å²) in [5.74, 6) is 0.164. The Morgan fingerprint density at radius 3 is 2.40 bits per heavy atom. The fourth-order valence-electron chi connectivity index (χ4n) is 2.59. The normalized spacial score (nSPS) is 11.0. The van der Waals surface area contributed by atoms with Gasteiger partial charge in [-0.2, -0.15) is 0 Å². The lowest BCUT2D eigenvalue weighted by Gasteiger charge is -2.15. The van der Waals surface area contributed by atoms with E-state index < -0.39 is 10.9 Å². The maximum absolute atomic E-state index is 12.5. The lowest BCUT2D eigenvalue weighted by molar-refractivity contribution is -0.384. The number of hydrogen-bond acceptors (Lipinski definition) is 4. The van der Waals surface area contributed by atoms with Crippen molar-refractivity contribution < 1.29 is 14.5 Å². The van der Waals surface area contributed by atoms with Crippen molar-refractivity contribution >= 4 is 11.7 Å². The highest BCUT2D eigenvalue weighted by Gasteiger charge is 2.17. The van der Waals surface area contributed by atoms with Gasteiger partial charge in [-0.25, -0.2) is 4.79 Å². The molecule has 0 fully saturated rings. The highest BCUT2D eigenvalue weighted by atomic mass is 16.6. The van der Waals surface area contributed by atoms with Gasteiger partial charge < -0.3 is 4.74 Å². The third-order valence-electron chi connectivity index (χ3n) is 4.08. The monoisotopic (exact) mass is 341 g/mol. The van der Waals surface area contributed by atoms with Gasteiger partial charge in [-0.05, 0) is 34.6 Å². The molecule has 25 heavy (non-hydrogen) atoms. The third kappa shape index (κ3) is 4.66. The zero-order valence-electron chi connectivity index (χ0n) is 15.0. The molecule has 0 saturated heterocycles. The predicted octanol–water partition coefficient (Wildman–Crippen LogP) is 5.20. The van der Waals surface area contributed by atoms with Crippen LogP contribution in [0, 0.1) is 10.1 Å². The Hall–Kier alpha value is -2.69. The van der Waals surface area contributed by atoms with E-state index in [1.54, 1.807) is 18.2 Å². The first kappa shape index (κ1) is 18.6. The van der Waals surface area contributed by atoms with Crippen LogP contribution in [0.1, 0.15) is 66.6 Å². The van der Waals surface area contributed by atoms with Crippen LogP contribution >= 0.6 is 0 Å². The zero-order chi connectivity index (χ0) is 18.6. The van der Waals surface area contributed by atoms with E-state index in [0.717, 1.165) is 5.56 Å². The standard InChI is InChI=1S/C20H23NO4/c1-13(2)16-8-9-18(19(11-16)14(3)4)20(22)25-12-15-6-5-7-17(10-15)21(23)24/h5-11,13-14H,12H2,1-4H3. The van der Waals surface area contributed by atoms with Crippen LogP contribution in [0.4, 0.5) is 5.69 Å². The summed E-state index contributed by atoms with van der Waals surface area (Å²) in [6.07, 6.45) is 0. The van der Waals surface area contributed by atoms with E-state index >= 15 is 0 Å². The Kier molecular flexibility index (Phi) is 5.91. The third-order valence-corrected chi connectivity index (χ3v) is 4.08. The van der Waals surface area contributed by atoms with Gasteiger partial charge >= 0.3 is 5.97 Å². The molecule has 0 aromatic heterocycles. The van der Waals surface area contributed by atoms with Crippen LogP contribution in [0.3, 0.4) is 0 Å². The molecule has 0 bridgehead atoms. The number of carbonyl (C=O) groups is 1. The molecule has 0 aliphatic rings. The summed E-state index contributed by atoms with van der Waals surface area (Å²) in [5.41, 5.74) is 3.25. The summed E-state index contributed by atoms with van der Waals surface area (Å²) >= 11 is 0. The topological polar surface area (TPSA) is 69.4 Å². The molecule has 0 amide bonds. The number of carbonyl (C=O) groups excluding carboxylic acids is 1. The largest absolute Gasteiger partial charge is 0.457 e. The fraction of sp³-hybridized carbons (Fsp3) is 0.350. The first-order chi connectivity index (χ1) is 11.8. The van der Waals surface area contributed by atoms with Crippen molar-refractivity contribution in [3.63, 3.8) is 0 Å². The minimum absolute atomic E-state index is 0.00395. The summed E-state index contributed by atoms with van der Waals surface area (Å²) in [4.78, 5) is 22.8. The Balaban J connectivity index is 2.18. The van der Waals surface area contributed by atoms with Gasteiger partial charge in [0.1, 0.15) is 6.61 Å². The minimum atomic E-state index is -0.465. The van der Waals surface area contributed by atoms with Crippen molar-refractivity contribution in [2.45, 2.75) is 46.1 Å². The Bertz CT molecular complexity index is 781. The molecule has 5 heteroatoms. The average Bonchev–Trinajstić information content (AvgIpc) is 2.59. The van der Waals surface area contributed by atoms with Gasteiger partial charge in [-0.15, -0.1) is 0 Å². The Labute approximate surface area is 147 Å². The van der Waals surface area contributed by atoms with E-state index in [9.17, 15) is 14.9 Å². The van der Waals surface area contributed by atoms with Gasteiger partial charge in [0.2, 0.25) is 0 Å². The number of rotatable bonds is 6. The minimum Gasteiger partial charge on any atom is -0.457 e. The number of ether oxygens (including phenoxy) is 1. The van der Waals surface area contributed by atoms with Crippen LogP contribution in [0.2, 0.25) is 0 Å². The van der Waals surface area contributed by atoms with Gasteiger partial charge in [-0.3, -0.25) is 10.1 Å². The lowest BCUT2D eigenvalue weighted by Crippen LogP contribution is -2.10. The first-order valence-electron chi connectivity index (χ1n) is 8.34. The SMILES string of the molecule is CC(C)c1ccc(C(=O)OCc2cccc([N+](=O)[O-])c2)c(C(C)C)c1. The number of esters is 1. The average molecular weight is 341 g/mol. The van der Waals surface area contributed by atoms with Crippen molar-refractivity contribution in [2.24, 2.45) is 0 Å². The number of nitro groups is 1. The summed E-state index contributed by atoms with van der Waals surface area (Å²) in [6, 6.07) is 11.9. The van der Waals surface area contributed by atoms with Gasteiger partial charge in [-0.1, -0.05) is 52.0 Å². The highest BCUT2D eigenvalue weighted by Crippen LogP contribution is 2.26. The molecule has 5 nitrogen and oxygen atoms in total. The summed E-state index contributed by atoms with van der Waals surface area (Å²) in [7, 11) is 0. The zero-order valence-corrected chi connectivity index (χ0v) is 15.0. The molecular formula is C20H23NO4. The molecule has 0 aliphatic carbocycles. The molecular weight excluding hydrogens is 318 g/mol. The van der Waals surface area contributed by atoms with Crippen LogP contribution < -0.4 is 0 Å². The number of non-ortho nitro benzene ring substituents is 1. The summed E-state index contributed by atoms with van der Waals surface area (Å²) in [5, 5.41) is 10.8. The molecule has 0 unspecified atom stereocenters. The maximum Gasteiger partial charge on any atom is 0.338 e. The first-order valence-corrected chi connectivity index (χ1v) is 8.34. The van der Waals surface area contributed by atoms with Crippen LogP contribution in [-0.4, -0.2) is 10.9 Å². The van der Waals surface area contributed by atoms with Crippen molar-refractivity contribution in [1.82, 2.24) is 0 Å². The Morgan fingerprint density at radius 1 is 1.08 bits per heavy atom. The molecule has 0 saturated carbocycles. The van der Waals surface area contributed by atoms with E-state index in [-0.39, 0.29) is 18.2 Å². The molecule has 0 atom stereocenters. The number of nitrogens with zero attached hydrogens (tertiary/aromatic N) is 1.